The fourth-order valence-corrected chi connectivity index (χ4v) is 1.92. The molecule has 0 unspecified atom stereocenters. The van der Waals surface area contributed by atoms with Crippen molar-refractivity contribution in [2.75, 3.05) is 5.32 Å². The molecular formula is C11H13N3S. The zero-order chi connectivity index (χ0) is 10.5. The maximum Gasteiger partial charge on any atom is 0.129 e. The lowest BCUT2D eigenvalue weighted by molar-refractivity contribution is 0.989. The highest BCUT2D eigenvalue weighted by atomic mass is 32.1. The summed E-state index contributed by atoms with van der Waals surface area (Å²) in [4.78, 5) is 9.64. The molecule has 0 aliphatic heterocycles. The van der Waals surface area contributed by atoms with E-state index >= 15 is 0 Å². The number of aromatic nitrogens is 2. The summed E-state index contributed by atoms with van der Waals surface area (Å²) in [6, 6.07) is 6.16. The molecule has 0 aromatic carbocycles. The van der Waals surface area contributed by atoms with Crippen LogP contribution in [-0.4, -0.2) is 9.97 Å². The lowest BCUT2D eigenvalue weighted by atomic mass is 10.3. The van der Waals surface area contributed by atoms with Gasteiger partial charge in [0.1, 0.15) is 12.1 Å². The molecule has 0 bridgehead atoms. The molecule has 0 amide bonds. The van der Waals surface area contributed by atoms with Crippen molar-refractivity contribution in [2.45, 2.75) is 19.9 Å². The van der Waals surface area contributed by atoms with E-state index in [1.165, 1.54) is 4.88 Å². The quantitative estimate of drug-likeness (QED) is 0.859. The highest BCUT2D eigenvalue weighted by Crippen LogP contribution is 2.11. The monoisotopic (exact) mass is 219 g/mol. The molecule has 0 aliphatic carbocycles. The van der Waals surface area contributed by atoms with Crippen LogP contribution in [0.3, 0.4) is 0 Å². The summed E-state index contributed by atoms with van der Waals surface area (Å²) in [7, 11) is 0. The maximum atomic E-state index is 4.17. The van der Waals surface area contributed by atoms with Crippen molar-refractivity contribution in [1.29, 1.82) is 0 Å². The van der Waals surface area contributed by atoms with Gasteiger partial charge in [-0.2, -0.15) is 0 Å². The highest BCUT2D eigenvalue weighted by Gasteiger charge is 1.97. The van der Waals surface area contributed by atoms with Crippen LogP contribution in [0.25, 0.3) is 0 Å². The number of hydrogen-bond donors (Lipinski definition) is 1. The van der Waals surface area contributed by atoms with E-state index in [1.807, 2.05) is 6.07 Å². The minimum atomic E-state index is 0.831. The number of nitrogens with one attached hydrogen (secondary N) is 1. The molecular weight excluding hydrogens is 206 g/mol. The van der Waals surface area contributed by atoms with Crippen LogP contribution in [0.2, 0.25) is 0 Å². The van der Waals surface area contributed by atoms with Crippen molar-refractivity contribution in [2.24, 2.45) is 0 Å². The molecule has 0 saturated carbocycles. The number of rotatable bonds is 4. The molecule has 2 rings (SSSR count). The minimum Gasteiger partial charge on any atom is -0.365 e. The molecule has 4 heteroatoms. The predicted octanol–water partition coefficient (Wildman–Crippen LogP) is 2.71. The van der Waals surface area contributed by atoms with Crippen molar-refractivity contribution < 1.29 is 0 Å². The average molecular weight is 219 g/mol. The first kappa shape index (κ1) is 10.1. The zero-order valence-electron chi connectivity index (χ0n) is 8.60. The maximum absolute atomic E-state index is 4.17. The van der Waals surface area contributed by atoms with E-state index in [1.54, 1.807) is 17.7 Å². The molecule has 78 valence electrons. The molecule has 0 atom stereocenters. The largest absolute Gasteiger partial charge is 0.365 e. The van der Waals surface area contributed by atoms with E-state index in [4.69, 9.17) is 0 Å². The van der Waals surface area contributed by atoms with Crippen LogP contribution in [0.5, 0.6) is 0 Å². The SMILES string of the molecule is CCc1cc(NCc2cccs2)ncn1. The Morgan fingerprint density at radius 2 is 2.33 bits per heavy atom. The molecule has 0 fully saturated rings. The number of hydrogen-bond acceptors (Lipinski definition) is 4. The van der Waals surface area contributed by atoms with Gasteiger partial charge in [0.25, 0.3) is 0 Å². The molecule has 2 aromatic rings. The van der Waals surface area contributed by atoms with Gasteiger partial charge in [-0.1, -0.05) is 13.0 Å². The Morgan fingerprint density at radius 3 is 3.07 bits per heavy atom. The van der Waals surface area contributed by atoms with Gasteiger partial charge in [-0.3, -0.25) is 0 Å². The molecule has 0 aliphatic rings. The van der Waals surface area contributed by atoms with Crippen molar-refractivity contribution >= 4 is 17.2 Å². The van der Waals surface area contributed by atoms with E-state index in [2.05, 4.69) is 39.7 Å². The van der Waals surface area contributed by atoms with Crippen LogP contribution in [0, 0.1) is 0 Å². The fraction of sp³-hybridized carbons (Fsp3) is 0.273. The van der Waals surface area contributed by atoms with Crippen molar-refractivity contribution in [3.63, 3.8) is 0 Å². The molecule has 1 N–H and O–H groups in total. The Morgan fingerprint density at radius 1 is 1.40 bits per heavy atom. The Hall–Kier alpha value is -1.42. The standard InChI is InChI=1S/C11H13N3S/c1-2-9-6-11(14-8-13-9)12-7-10-4-3-5-15-10/h3-6,8H,2,7H2,1H3,(H,12,13,14). The lowest BCUT2D eigenvalue weighted by Crippen LogP contribution is -2.01. The van der Waals surface area contributed by atoms with Gasteiger partial charge in [0.05, 0.1) is 6.54 Å². The van der Waals surface area contributed by atoms with Crippen LogP contribution in [0.15, 0.2) is 29.9 Å². The third kappa shape index (κ3) is 2.76. The Bertz CT molecular complexity index is 412. The van der Waals surface area contributed by atoms with Gasteiger partial charge in [0.15, 0.2) is 0 Å². The van der Waals surface area contributed by atoms with Gasteiger partial charge in [-0.05, 0) is 17.9 Å². The molecule has 2 aromatic heterocycles. The summed E-state index contributed by atoms with van der Waals surface area (Å²) < 4.78 is 0. The Kier molecular flexibility index (Phi) is 3.29. The van der Waals surface area contributed by atoms with Gasteiger partial charge >= 0.3 is 0 Å². The Balaban J connectivity index is 1.98. The number of anilines is 1. The number of thiophene rings is 1. The molecule has 0 saturated heterocycles. The van der Waals surface area contributed by atoms with Crippen LogP contribution in [0.4, 0.5) is 5.82 Å². The molecule has 0 spiro atoms. The van der Waals surface area contributed by atoms with Gasteiger partial charge < -0.3 is 5.32 Å². The predicted molar refractivity (Wildman–Crippen MR) is 63.1 cm³/mol. The summed E-state index contributed by atoms with van der Waals surface area (Å²) in [5.74, 6) is 0.898. The van der Waals surface area contributed by atoms with Crippen LogP contribution in [-0.2, 0) is 13.0 Å². The van der Waals surface area contributed by atoms with Crippen LogP contribution in [0.1, 0.15) is 17.5 Å². The summed E-state index contributed by atoms with van der Waals surface area (Å²) in [6.45, 7) is 2.92. The number of aryl methyl sites for hydroxylation is 1. The smallest absolute Gasteiger partial charge is 0.129 e. The first-order chi connectivity index (χ1) is 7.38. The second-order valence-electron chi connectivity index (χ2n) is 3.18. The van der Waals surface area contributed by atoms with Crippen molar-refractivity contribution in [1.82, 2.24) is 9.97 Å². The minimum absolute atomic E-state index is 0.831. The van der Waals surface area contributed by atoms with Gasteiger partial charge in [-0.15, -0.1) is 11.3 Å². The normalized spacial score (nSPS) is 10.2. The van der Waals surface area contributed by atoms with Crippen LogP contribution >= 0.6 is 11.3 Å². The van der Waals surface area contributed by atoms with Crippen molar-refractivity contribution in [3.05, 3.63) is 40.5 Å². The fourth-order valence-electron chi connectivity index (χ4n) is 1.28. The average Bonchev–Trinajstić information content (AvgIpc) is 2.79. The topological polar surface area (TPSA) is 37.8 Å². The second kappa shape index (κ2) is 4.89. The van der Waals surface area contributed by atoms with E-state index < -0.39 is 0 Å². The second-order valence-corrected chi connectivity index (χ2v) is 4.21. The summed E-state index contributed by atoms with van der Waals surface area (Å²) in [6.07, 6.45) is 2.55. The molecule has 15 heavy (non-hydrogen) atoms. The lowest BCUT2D eigenvalue weighted by Gasteiger charge is -2.04. The highest BCUT2D eigenvalue weighted by molar-refractivity contribution is 7.09. The third-order valence-corrected chi connectivity index (χ3v) is 2.99. The van der Waals surface area contributed by atoms with E-state index in [0.29, 0.717) is 0 Å². The van der Waals surface area contributed by atoms with Crippen LogP contribution < -0.4 is 5.32 Å². The zero-order valence-corrected chi connectivity index (χ0v) is 9.42. The van der Waals surface area contributed by atoms with E-state index in [-0.39, 0.29) is 0 Å². The first-order valence-corrected chi connectivity index (χ1v) is 5.83. The van der Waals surface area contributed by atoms with E-state index in [0.717, 1.165) is 24.5 Å². The third-order valence-electron chi connectivity index (χ3n) is 2.11. The van der Waals surface area contributed by atoms with Gasteiger partial charge in [0, 0.05) is 16.6 Å². The van der Waals surface area contributed by atoms with E-state index in [9.17, 15) is 0 Å². The van der Waals surface area contributed by atoms with Crippen molar-refractivity contribution in [3.8, 4) is 0 Å². The summed E-state index contributed by atoms with van der Waals surface area (Å²) in [5.41, 5.74) is 1.07. The Labute approximate surface area is 93.2 Å². The molecule has 0 radical (unpaired) electrons. The summed E-state index contributed by atoms with van der Waals surface area (Å²) in [5, 5.41) is 5.36. The number of nitrogens with zero attached hydrogens (tertiary/aromatic N) is 2. The van der Waals surface area contributed by atoms with Gasteiger partial charge in [0.2, 0.25) is 0 Å². The first-order valence-electron chi connectivity index (χ1n) is 4.95. The molecule has 3 nitrogen and oxygen atoms in total. The summed E-state index contributed by atoms with van der Waals surface area (Å²) >= 11 is 1.75. The van der Waals surface area contributed by atoms with Gasteiger partial charge in [-0.25, -0.2) is 9.97 Å². The molecule has 2 heterocycles.